The summed E-state index contributed by atoms with van der Waals surface area (Å²) in [5, 5.41) is 2.61. The molecule has 28 heavy (non-hydrogen) atoms. The molecule has 0 saturated carbocycles. The van der Waals surface area contributed by atoms with Crippen LogP contribution < -0.4 is 19.7 Å². The molecule has 3 rings (SSSR count). The molecule has 0 atom stereocenters. The normalized spacial score (nSPS) is 13.8. The van der Waals surface area contributed by atoms with Gasteiger partial charge in [-0.25, -0.2) is 4.90 Å². The summed E-state index contributed by atoms with van der Waals surface area (Å²) < 4.78 is 10.4. The summed E-state index contributed by atoms with van der Waals surface area (Å²) in [4.78, 5) is 37.9. The Hall–Kier alpha value is -3.32. The zero-order valence-electron chi connectivity index (χ0n) is 15.4. The SMILES string of the molecule is COc1ccc(OC)c(N2C(=O)C(Cl)=C(Nc3ccc(C(C)=O)cc3)C2=O)c1. The van der Waals surface area contributed by atoms with Crippen molar-refractivity contribution in [1.82, 2.24) is 0 Å². The molecule has 7 nitrogen and oxygen atoms in total. The Kier molecular flexibility index (Phi) is 5.37. The highest BCUT2D eigenvalue weighted by molar-refractivity contribution is 6.53. The first-order chi connectivity index (χ1) is 13.4. The predicted octanol–water partition coefficient (Wildman–Crippen LogP) is 3.34. The molecular formula is C20H17ClN2O5. The number of benzene rings is 2. The van der Waals surface area contributed by atoms with E-state index in [0.29, 0.717) is 22.7 Å². The van der Waals surface area contributed by atoms with Gasteiger partial charge in [0.05, 0.1) is 19.9 Å². The second-order valence-electron chi connectivity index (χ2n) is 5.93. The maximum absolute atomic E-state index is 12.9. The minimum atomic E-state index is -0.680. The Morgan fingerprint density at radius 3 is 2.25 bits per heavy atom. The van der Waals surface area contributed by atoms with Crippen molar-refractivity contribution in [2.75, 3.05) is 24.4 Å². The summed E-state index contributed by atoms with van der Waals surface area (Å²) in [6.07, 6.45) is 0. The molecule has 0 unspecified atom stereocenters. The van der Waals surface area contributed by atoms with Gasteiger partial charge in [0.1, 0.15) is 22.2 Å². The quantitative estimate of drug-likeness (QED) is 0.591. The Morgan fingerprint density at radius 1 is 1.00 bits per heavy atom. The van der Waals surface area contributed by atoms with Crippen LogP contribution >= 0.6 is 11.6 Å². The van der Waals surface area contributed by atoms with Crippen LogP contribution in [0.2, 0.25) is 0 Å². The van der Waals surface area contributed by atoms with Crippen molar-refractivity contribution in [2.45, 2.75) is 6.92 Å². The smallest absolute Gasteiger partial charge is 0.283 e. The summed E-state index contributed by atoms with van der Waals surface area (Å²) in [6.45, 7) is 1.46. The summed E-state index contributed by atoms with van der Waals surface area (Å²) >= 11 is 6.15. The fourth-order valence-corrected chi connectivity index (χ4v) is 2.95. The third-order valence-corrected chi connectivity index (χ3v) is 4.57. The van der Waals surface area contributed by atoms with Gasteiger partial charge in [-0.1, -0.05) is 11.6 Å². The Morgan fingerprint density at radius 2 is 1.68 bits per heavy atom. The van der Waals surface area contributed by atoms with E-state index in [4.69, 9.17) is 21.1 Å². The molecule has 1 aliphatic rings. The van der Waals surface area contributed by atoms with E-state index in [0.717, 1.165) is 4.90 Å². The van der Waals surface area contributed by atoms with Crippen molar-refractivity contribution in [1.29, 1.82) is 0 Å². The number of ketones is 1. The lowest BCUT2D eigenvalue weighted by Gasteiger charge is -2.19. The zero-order valence-corrected chi connectivity index (χ0v) is 16.2. The first-order valence-corrected chi connectivity index (χ1v) is 8.63. The molecule has 0 bridgehead atoms. The van der Waals surface area contributed by atoms with Crippen LogP contribution in [0.3, 0.4) is 0 Å². The van der Waals surface area contributed by atoms with E-state index >= 15 is 0 Å². The van der Waals surface area contributed by atoms with Crippen LogP contribution in [0.5, 0.6) is 11.5 Å². The van der Waals surface area contributed by atoms with Gasteiger partial charge >= 0.3 is 0 Å². The van der Waals surface area contributed by atoms with E-state index in [2.05, 4.69) is 5.32 Å². The first kappa shape index (κ1) is 19.4. The van der Waals surface area contributed by atoms with E-state index in [-0.39, 0.29) is 22.2 Å². The van der Waals surface area contributed by atoms with Crippen molar-refractivity contribution < 1.29 is 23.9 Å². The molecule has 1 N–H and O–H groups in total. The fraction of sp³-hybridized carbons (Fsp3) is 0.150. The Bertz CT molecular complexity index is 998. The van der Waals surface area contributed by atoms with Crippen LogP contribution in [0.15, 0.2) is 53.2 Å². The number of carbonyl (C=O) groups is 3. The number of hydrogen-bond donors (Lipinski definition) is 1. The summed E-state index contributed by atoms with van der Waals surface area (Å²) in [7, 11) is 2.91. The lowest BCUT2D eigenvalue weighted by Crippen LogP contribution is -2.32. The monoisotopic (exact) mass is 400 g/mol. The number of Topliss-reactive ketones (excluding diaryl/α,β-unsaturated/α-hetero) is 1. The largest absolute Gasteiger partial charge is 0.497 e. The Balaban J connectivity index is 1.93. The molecule has 1 aliphatic heterocycles. The molecule has 1 heterocycles. The lowest BCUT2D eigenvalue weighted by atomic mass is 10.1. The van der Waals surface area contributed by atoms with Gasteiger partial charge in [-0.2, -0.15) is 0 Å². The number of halogens is 1. The number of imide groups is 1. The van der Waals surface area contributed by atoms with Crippen LogP contribution in [0, 0.1) is 0 Å². The molecule has 0 spiro atoms. The number of nitrogens with zero attached hydrogens (tertiary/aromatic N) is 1. The molecule has 2 aromatic carbocycles. The molecule has 0 fully saturated rings. The minimum absolute atomic E-state index is 0.0629. The van der Waals surface area contributed by atoms with Gasteiger partial charge in [-0.15, -0.1) is 0 Å². The highest BCUT2D eigenvalue weighted by Crippen LogP contribution is 2.37. The zero-order chi connectivity index (χ0) is 20.4. The molecule has 0 saturated heterocycles. The van der Waals surface area contributed by atoms with Crippen LogP contribution in [0.4, 0.5) is 11.4 Å². The number of methoxy groups -OCH3 is 2. The predicted molar refractivity (Wildman–Crippen MR) is 105 cm³/mol. The Labute approximate surface area is 166 Å². The number of amides is 2. The summed E-state index contributed by atoms with van der Waals surface area (Å²) in [5.41, 5.74) is 1.20. The molecule has 2 amide bonds. The van der Waals surface area contributed by atoms with Crippen LogP contribution in [-0.2, 0) is 9.59 Å². The van der Waals surface area contributed by atoms with Gasteiger partial charge < -0.3 is 14.8 Å². The van der Waals surface area contributed by atoms with Gasteiger partial charge in [-0.05, 0) is 43.3 Å². The van der Waals surface area contributed by atoms with Gasteiger partial charge in [0.25, 0.3) is 11.8 Å². The first-order valence-electron chi connectivity index (χ1n) is 8.26. The molecule has 144 valence electrons. The molecule has 0 aromatic heterocycles. The van der Waals surface area contributed by atoms with E-state index in [1.807, 2.05) is 0 Å². The highest BCUT2D eigenvalue weighted by atomic mass is 35.5. The van der Waals surface area contributed by atoms with Crippen LogP contribution in [0.1, 0.15) is 17.3 Å². The van der Waals surface area contributed by atoms with Crippen LogP contribution in [-0.4, -0.2) is 31.8 Å². The fourth-order valence-electron chi connectivity index (χ4n) is 2.73. The second kappa shape index (κ2) is 7.74. The van der Waals surface area contributed by atoms with Crippen molar-refractivity contribution in [3.05, 3.63) is 58.8 Å². The van der Waals surface area contributed by atoms with Gasteiger partial charge in [-0.3, -0.25) is 14.4 Å². The molecular weight excluding hydrogens is 384 g/mol. The number of rotatable bonds is 6. The van der Waals surface area contributed by atoms with Gasteiger partial charge in [0.15, 0.2) is 5.78 Å². The number of nitrogens with one attached hydrogen (secondary N) is 1. The average molecular weight is 401 g/mol. The third-order valence-electron chi connectivity index (χ3n) is 4.21. The molecule has 0 aliphatic carbocycles. The van der Waals surface area contributed by atoms with E-state index in [1.54, 1.807) is 36.4 Å². The number of anilines is 2. The third kappa shape index (κ3) is 3.44. The van der Waals surface area contributed by atoms with Crippen molar-refractivity contribution in [3.8, 4) is 11.5 Å². The highest BCUT2D eigenvalue weighted by Gasteiger charge is 2.40. The number of carbonyl (C=O) groups excluding carboxylic acids is 3. The minimum Gasteiger partial charge on any atom is -0.497 e. The maximum atomic E-state index is 12.9. The molecule has 0 radical (unpaired) electrons. The van der Waals surface area contributed by atoms with E-state index in [1.165, 1.54) is 27.2 Å². The average Bonchev–Trinajstić information content (AvgIpc) is 2.91. The topological polar surface area (TPSA) is 84.9 Å². The number of ether oxygens (including phenoxy) is 2. The van der Waals surface area contributed by atoms with Crippen molar-refractivity contribution in [2.24, 2.45) is 0 Å². The lowest BCUT2D eigenvalue weighted by molar-refractivity contribution is -0.120. The van der Waals surface area contributed by atoms with Crippen LogP contribution in [0.25, 0.3) is 0 Å². The van der Waals surface area contributed by atoms with Gasteiger partial charge in [0, 0.05) is 17.3 Å². The van der Waals surface area contributed by atoms with E-state index in [9.17, 15) is 14.4 Å². The van der Waals surface area contributed by atoms with Crippen molar-refractivity contribution >= 4 is 40.6 Å². The number of hydrogen-bond acceptors (Lipinski definition) is 6. The van der Waals surface area contributed by atoms with Crippen molar-refractivity contribution in [3.63, 3.8) is 0 Å². The van der Waals surface area contributed by atoms with E-state index < -0.39 is 11.8 Å². The maximum Gasteiger partial charge on any atom is 0.283 e. The summed E-state index contributed by atoms with van der Waals surface area (Å²) in [5.74, 6) is -0.613. The second-order valence-corrected chi connectivity index (χ2v) is 6.31. The molecule has 2 aromatic rings. The molecule has 8 heteroatoms. The van der Waals surface area contributed by atoms with Gasteiger partial charge in [0.2, 0.25) is 0 Å². The summed E-state index contributed by atoms with van der Waals surface area (Å²) in [6, 6.07) is 11.2. The standard InChI is InChI=1S/C20H17ClN2O5/c1-11(24)12-4-6-13(7-5-12)22-18-17(21)19(25)23(20(18)26)15-10-14(27-2)8-9-16(15)28-3/h4-10,22H,1-3H3.